The molecule has 0 aliphatic carbocycles. The van der Waals surface area contributed by atoms with Crippen LogP contribution >= 0.6 is 0 Å². The average molecular weight is 224 g/mol. The Kier molecular flexibility index (Phi) is 2.34. The Hall–Kier alpha value is -2.20. The van der Waals surface area contributed by atoms with Crippen LogP contribution in [0.3, 0.4) is 0 Å². The van der Waals surface area contributed by atoms with Gasteiger partial charge in [0.15, 0.2) is 0 Å². The minimum absolute atomic E-state index is 0.464. The largest absolute Gasteiger partial charge is 0.326 e. The van der Waals surface area contributed by atoms with Gasteiger partial charge in [0.2, 0.25) is 0 Å². The zero-order valence-corrected chi connectivity index (χ0v) is 9.24. The number of imidazole rings is 1. The fourth-order valence-electron chi connectivity index (χ4n) is 2.01. The van der Waals surface area contributed by atoms with Crippen LogP contribution in [0.1, 0.15) is 5.56 Å². The van der Waals surface area contributed by atoms with Crippen LogP contribution in [-0.4, -0.2) is 14.5 Å². The van der Waals surface area contributed by atoms with Crippen LogP contribution in [0.5, 0.6) is 0 Å². The number of para-hydroxylation sites is 1. The van der Waals surface area contributed by atoms with Crippen LogP contribution in [0.25, 0.3) is 16.6 Å². The van der Waals surface area contributed by atoms with Gasteiger partial charge in [0, 0.05) is 36.1 Å². The lowest BCUT2D eigenvalue weighted by Gasteiger charge is -2.11. The molecule has 1 aromatic carbocycles. The lowest BCUT2D eigenvalue weighted by molar-refractivity contribution is 0.982. The first kappa shape index (κ1) is 9.99. The Labute approximate surface area is 98.7 Å². The second-order valence-electron chi connectivity index (χ2n) is 3.82. The summed E-state index contributed by atoms with van der Waals surface area (Å²) in [5.74, 6) is 0. The van der Waals surface area contributed by atoms with Crippen LogP contribution < -0.4 is 5.73 Å². The molecule has 0 bridgehead atoms. The van der Waals surface area contributed by atoms with E-state index < -0.39 is 0 Å². The molecule has 84 valence electrons. The van der Waals surface area contributed by atoms with Gasteiger partial charge in [-0.15, -0.1) is 0 Å². The van der Waals surface area contributed by atoms with Crippen molar-refractivity contribution in [2.24, 2.45) is 5.73 Å². The normalized spacial score (nSPS) is 10.9. The second kappa shape index (κ2) is 3.99. The first-order valence-corrected chi connectivity index (χ1v) is 5.45. The summed E-state index contributed by atoms with van der Waals surface area (Å²) >= 11 is 0. The van der Waals surface area contributed by atoms with Crippen LogP contribution in [0, 0.1) is 0 Å². The molecule has 2 aromatic heterocycles. The van der Waals surface area contributed by atoms with E-state index in [9.17, 15) is 0 Å². The summed E-state index contributed by atoms with van der Waals surface area (Å²) in [4.78, 5) is 8.49. The number of pyridine rings is 1. The van der Waals surface area contributed by atoms with Crippen LogP contribution in [0.4, 0.5) is 0 Å². The van der Waals surface area contributed by atoms with Crippen LogP contribution in [-0.2, 0) is 6.54 Å². The molecule has 0 aliphatic heterocycles. The summed E-state index contributed by atoms with van der Waals surface area (Å²) in [6.45, 7) is 0.464. The molecule has 4 nitrogen and oxygen atoms in total. The van der Waals surface area contributed by atoms with E-state index in [1.165, 1.54) is 0 Å². The third-order valence-electron chi connectivity index (χ3n) is 2.81. The predicted octanol–water partition coefficient (Wildman–Crippen LogP) is 1.88. The van der Waals surface area contributed by atoms with E-state index in [1.54, 1.807) is 12.5 Å². The molecular formula is C13H12N4. The number of hydrogen-bond acceptors (Lipinski definition) is 3. The number of nitrogens with zero attached hydrogens (tertiary/aromatic N) is 3. The minimum atomic E-state index is 0.464. The van der Waals surface area contributed by atoms with E-state index in [0.717, 1.165) is 22.2 Å². The Balaban J connectivity index is 2.39. The molecule has 0 saturated heterocycles. The van der Waals surface area contributed by atoms with Gasteiger partial charge >= 0.3 is 0 Å². The highest BCUT2D eigenvalue weighted by atomic mass is 15.0. The van der Waals surface area contributed by atoms with Crippen molar-refractivity contribution < 1.29 is 0 Å². The molecule has 3 rings (SSSR count). The number of rotatable bonds is 2. The zero-order chi connectivity index (χ0) is 11.7. The number of fused-ring (bicyclic) bond motifs is 1. The summed E-state index contributed by atoms with van der Waals surface area (Å²) in [6, 6.07) is 8.03. The summed E-state index contributed by atoms with van der Waals surface area (Å²) in [6.07, 6.45) is 7.29. The summed E-state index contributed by atoms with van der Waals surface area (Å²) in [5.41, 5.74) is 8.82. The number of hydrogen-bond donors (Lipinski definition) is 1. The van der Waals surface area contributed by atoms with Crippen molar-refractivity contribution in [2.45, 2.75) is 6.54 Å². The van der Waals surface area contributed by atoms with Gasteiger partial charge in [-0.3, -0.25) is 4.98 Å². The standard InChI is InChI=1S/C13H12N4/c14-7-10-8-16-12-4-2-1-3-11(12)13(10)17-6-5-15-9-17/h1-6,8-9H,7,14H2. The monoisotopic (exact) mass is 224 g/mol. The van der Waals surface area contributed by atoms with Crippen molar-refractivity contribution in [3.63, 3.8) is 0 Å². The molecule has 0 atom stereocenters. The van der Waals surface area contributed by atoms with E-state index in [2.05, 4.69) is 16.0 Å². The molecule has 0 amide bonds. The van der Waals surface area contributed by atoms with E-state index in [1.807, 2.05) is 35.2 Å². The molecule has 17 heavy (non-hydrogen) atoms. The van der Waals surface area contributed by atoms with Gasteiger partial charge in [0.05, 0.1) is 17.5 Å². The fraction of sp³-hybridized carbons (Fsp3) is 0.0769. The van der Waals surface area contributed by atoms with Gasteiger partial charge in [-0.1, -0.05) is 18.2 Å². The van der Waals surface area contributed by atoms with Gasteiger partial charge in [0.1, 0.15) is 0 Å². The van der Waals surface area contributed by atoms with E-state index in [4.69, 9.17) is 5.73 Å². The SMILES string of the molecule is NCc1cnc2ccccc2c1-n1ccnc1. The first-order chi connectivity index (χ1) is 8.40. The van der Waals surface area contributed by atoms with Crippen molar-refractivity contribution in [1.82, 2.24) is 14.5 Å². The summed E-state index contributed by atoms with van der Waals surface area (Å²) in [7, 11) is 0. The van der Waals surface area contributed by atoms with E-state index in [0.29, 0.717) is 6.54 Å². The van der Waals surface area contributed by atoms with Gasteiger partial charge in [0.25, 0.3) is 0 Å². The summed E-state index contributed by atoms with van der Waals surface area (Å²) in [5, 5.41) is 1.09. The molecule has 0 spiro atoms. The third kappa shape index (κ3) is 1.59. The smallest absolute Gasteiger partial charge is 0.0992 e. The second-order valence-corrected chi connectivity index (χ2v) is 3.82. The predicted molar refractivity (Wildman–Crippen MR) is 66.8 cm³/mol. The Morgan fingerprint density at radius 3 is 2.88 bits per heavy atom. The topological polar surface area (TPSA) is 56.7 Å². The van der Waals surface area contributed by atoms with E-state index in [-0.39, 0.29) is 0 Å². The highest BCUT2D eigenvalue weighted by molar-refractivity contribution is 5.88. The average Bonchev–Trinajstić information content (AvgIpc) is 2.91. The van der Waals surface area contributed by atoms with Gasteiger partial charge < -0.3 is 10.3 Å². The number of benzene rings is 1. The van der Waals surface area contributed by atoms with Crippen molar-refractivity contribution in [3.05, 3.63) is 54.7 Å². The molecule has 0 radical (unpaired) electrons. The lowest BCUT2D eigenvalue weighted by Crippen LogP contribution is -2.05. The van der Waals surface area contributed by atoms with Gasteiger partial charge in [-0.05, 0) is 6.07 Å². The van der Waals surface area contributed by atoms with Crippen molar-refractivity contribution in [3.8, 4) is 5.69 Å². The fourth-order valence-corrected chi connectivity index (χ4v) is 2.01. The quantitative estimate of drug-likeness (QED) is 0.723. The summed E-state index contributed by atoms with van der Waals surface area (Å²) < 4.78 is 1.98. The molecule has 0 fully saturated rings. The van der Waals surface area contributed by atoms with Crippen LogP contribution in [0.2, 0.25) is 0 Å². The first-order valence-electron chi connectivity index (χ1n) is 5.45. The molecule has 2 heterocycles. The van der Waals surface area contributed by atoms with Crippen LogP contribution in [0.15, 0.2) is 49.2 Å². The molecule has 0 saturated carbocycles. The maximum atomic E-state index is 5.77. The van der Waals surface area contributed by atoms with Gasteiger partial charge in [-0.25, -0.2) is 4.98 Å². The molecule has 4 heteroatoms. The van der Waals surface area contributed by atoms with E-state index >= 15 is 0 Å². The van der Waals surface area contributed by atoms with Crippen molar-refractivity contribution in [1.29, 1.82) is 0 Å². The minimum Gasteiger partial charge on any atom is -0.326 e. The molecule has 2 N–H and O–H groups in total. The number of aromatic nitrogens is 3. The maximum absolute atomic E-state index is 5.77. The maximum Gasteiger partial charge on any atom is 0.0992 e. The molecule has 3 aromatic rings. The van der Waals surface area contributed by atoms with Crippen molar-refractivity contribution in [2.75, 3.05) is 0 Å². The Morgan fingerprint density at radius 1 is 1.24 bits per heavy atom. The Bertz CT molecular complexity index is 644. The van der Waals surface area contributed by atoms with Crippen molar-refractivity contribution >= 4 is 10.9 Å². The highest BCUT2D eigenvalue weighted by Crippen LogP contribution is 2.23. The number of nitrogens with two attached hydrogens (primary N) is 1. The molecule has 0 unspecified atom stereocenters. The molecular weight excluding hydrogens is 212 g/mol. The van der Waals surface area contributed by atoms with Gasteiger partial charge in [-0.2, -0.15) is 0 Å². The highest BCUT2D eigenvalue weighted by Gasteiger charge is 2.08. The zero-order valence-electron chi connectivity index (χ0n) is 9.24. The lowest BCUT2D eigenvalue weighted by atomic mass is 10.1. The molecule has 0 aliphatic rings. The Morgan fingerprint density at radius 2 is 2.12 bits per heavy atom. The third-order valence-corrected chi connectivity index (χ3v) is 2.81.